The molecule has 17 heavy (non-hydrogen) atoms. The number of hydrogen-bond acceptors (Lipinski definition) is 2. The van der Waals surface area contributed by atoms with Gasteiger partial charge in [0, 0.05) is 0 Å². The number of rotatable bonds is 3. The lowest BCUT2D eigenvalue weighted by Gasteiger charge is -2.57. The average Bonchev–Trinajstić information content (AvgIpc) is 2.23. The summed E-state index contributed by atoms with van der Waals surface area (Å²) in [5.74, 6) is 1.53. The highest BCUT2D eigenvalue weighted by molar-refractivity contribution is 5.86. The van der Waals surface area contributed by atoms with Gasteiger partial charge in [-0.2, -0.15) is 0 Å². The molecule has 0 radical (unpaired) electrons. The molecule has 4 bridgehead atoms. The van der Waals surface area contributed by atoms with Crippen LogP contribution in [0.2, 0.25) is 0 Å². The molecule has 0 unspecified atom stereocenters. The van der Waals surface area contributed by atoms with Crippen LogP contribution in [0.5, 0.6) is 0 Å². The number of carboxylic acid groups (broad SMARTS) is 1. The highest BCUT2D eigenvalue weighted by atomic mass is 16.4. The summed E-state index contributed by atoms with van der Waals surface area (Å²) in [7, 11) is 0. The standard InChI is InChI=1S/C14H20O3/c15-8-12(13(16)17)7-14-4-9-1-10(5-14)3-11(2-9)6-14/h8-11,15H,1-7H2,(H,16,17). The second-order valence-corrected chi connectivity index (χ2v) is 6.55. The largest absolute Gasteiger partial charge is 0.515 e. The van der Waals surface area contributed by atoms with E-state index in [4.69, 9.17) is 10.2 Å². The second-order valence-electron chi connectivity index (χ2n) is 6.55. The van der Waals surface area contributed by atoms with Gasteiger partial charge in [0.25, 0.3) is 0 Å². The lowest BCUT2D eigenvalue weighted by Crippen LogP contribution is -2.46. The first-order chi connectivity index (χ1) is 8.10. The van der Waals surface area contributed by atoms with Gasteiger partial charge in [-0.15, -0.1) is 0 Å². The predicted molar refractivity (Wildman–Crippen MR) is 63.6 cm³/mol. The van der Waals surface area contributed by atoms with E-state index < -0.39 is 5.97 Å². The molecule has 0 saturated heterocycles. The average molecular weight is 236 g/mol. The van der Waals surface area contributed by atoms with Crippen molar-refractivity contribution in [2.24, 2.45) is 23.2 Å². The minimum absolute atomic E-state index is 0.196. The zero-order chi connectivity index (χ0) is 12.0. The summed E-state index contributed by atoms with van der Waals surface area (Å²) in [6.45, 7) is 0. The minimum atomic E-state index is -0.955. The third-order valence-corrected chi connectivity index (χ3v) is 5.16. The van der Waals surface area contributed by atoms with Gasteiger partial charge >= 0.3 is 5.97 Å². The maximum Gasteiger partial charge on any atom is 0.334 e. The molecule has 0 aliphatic heterocycles. The van der Waals surface area contributed by atoms with Crippen molar-refractivity contribution in [2.75, 3.05) is 0 Å². The lowest BCUT2D eigenvalue weighted by molar-refractivity contribution is -0.134. The van der Waals surface area contributed by atoms with Gasteiger partial charge in [0.1, 0.15) is 0 Å². The highest BCUT2D eigenvalue weighted by Crippen LogP contribution is 2.61. The Morgan fingerprint density at radius 3 is 1.94 bits per heavy atom. The quantitative estimate of drug-likeness (QED) is 0.584. The highest BCUT2D eigenvalue weighted by Gasteiger charge is 2.51. The third-order valence-electron chi connectivity index (χ3n) is 5.16. The van der Waals surface area contributed by atoms with Crippen molar-refractivity contribution < 1.29 is 15.0 Å². The SMILES string of the molecule is O=C(O)C(=CO)CC12CC3CC(CC(C3)C1)C2. The molecule has 0 aromatic heterocycles. The van der Waals surface area contributed by atoms with Crippen LogP contribution in [0.3, 0.4) is 0 Å². The number of aliphatic hydroxyl groups is 1. The summed E-state index contributed by atoms with van der Waals surface area (Å²) in [5, 5.41) is 18.1. The summed E-state index contributed by atoms with van der Waals surface area (Å²) in [4.78, 5) is 11.0. The van der Waals surface area contributed by atoms with Crippen molar-refractivity contribution in [3.05, 3.63) is 11.8 Å². The molecule has 0 aromatic rings. The Morgan fingerprint density at radius 2 is 1.59 bits per heavy atom. The van der Waals surface area contributed by atoms with Crippen LogP contribution in [0.15, 0.2) is 11.8 Å². The van der Waals surface area contributed by atoms with Gasteiger partial charge in [-0.05, 0) is 68.1 Å². The number of aliphatic carboxylic acids is 1. The fourth-order valence-corrected chi connectivity index (χ4v) is 5.09. The van der Waals surface area contributed by atoms with E-state index in [1.54, 1.807) is 0 Å². The monoisotopic (exact) mass is 236 g/mol. The predicted octanol–water partition coefficient (Wildman–Crippen LogP) is 3.12. The number of aliphatic hydroxyl groups excluding tert-OH is 1. The van der Waals surface area contributed by atoms with E-state index in [-0.39, 0.29) is 11.0 Å². The maximum atomic E-state index is 11.0. The molecule has 0 aromatic carbocycles. The molecule has 4 aliphatic carbocycles. The third kappa shape index (κ3) is 1.85. The van der Waals surface area contributed by atoms with Gasteiger partial charge in [-0.3, -0.25) is 0 Å². The van der Waals surface area contributed by atoms with Crippen molar-refractivity contribution >= 4 is 5.97 Å². The molecular formula is C14H20O3. The van der Waals surface area contributed by atoms with Gasteiger partial charge in [0.15, 0.2) is 0 Å². The molecule has 0 heterocycles. The molecule has 3 heteroatoms. The maximum absolute atomic E-state index is 11.0. The van der Waals surface area contributed by atoms with Crippen molar-refractivity contribution in [1.82, 2.24) is 0 Å². The first-order valence-corrected chi connectivity index (χ1v) is 6.67. The Morgan fingerprint density at radius 1 is 1.12 bits per heavy atom. The Bertz CT molecular complexity index is 334. The molecule has 2 N–H and O–H groups in total. The van der Waals surface area contributed by atoms with Crippen LogP contribution in [0.25, 0.3) is 0 Å². The fraction of sp³-hybridized carbons (Fsp3) is 0.786. The molecule has 0 spiro atoms. The molecule has 3 nitrogen and oxygen atoms in total. The van der Waals surface area contributed by atoms with Crippen molar-refractivity contribution in [3.8, 4) is 0 Å². The van der Waals surface area contributed by atoms with Gasteiger partial charge < -0.3 is 10.2 Å². The van der Waals surface area contributed by atoms with Crippen LogP contribution in [-0.2, 0) is 4.79 Å². The molecule has 4 fully saturated rings. The van der Waals surface area contributed by atoms with Crippen molar-refractivity contribution in [1.29, 1.82) is 0 Å². The van der Waals surface area contributed by atoms with E-state index in [1.165, 1.54) is 38.5 Å². The van der Waals surface area contributed by atoms with Crippen LogP contribution in [0, 0.1) is 23.2 Å². The van der Waals surface area contributed by atoms with Gasteiger partial charge in [0.2, 0.25) is 0 Å². The summed E-state index contributed by atoms with van der Waals surface area (Å²) in [6, 6.07) is 0. The Labute approximate surface area is 102 Å². The van der Waals surface area contributed by atoms with Crippen molar-refractivity contribution in [3.63, 3.8) is 0 Å². The molecule has 4 rings (SSSR count). The van der Waals surface area contributed by atoms with Crippen LogP contribution < -0.4 is 0 Å². The van der Waals surface area contributed by atoms with E-state index in [0.29, 0.717) is 6.42 Å². The number of carbonyl (C=O) groups is 1. The first kappa shape index (κ1) is 11.1. The number of carboxylic acids is 1. The van der Waals surface area contributed by atoms with Crippen LogP contribution in [0.1, 0.15) is 44.9 Å². The molecule has 94 valence electrons. The lowest BCUT2D eigenvalue weighted by atomic mass is 9.48. The van der Waals surface area contributed by atoms with E-state index in [2.05, 4.69) is 0 Å². The molecular weight excluding hydrogens is 216 g/mol. The Balaban J connectivity index is 1.80. The van der Waals surface area contributed by atoms with Crippen LogP contribution >= 0.6 is 0 Å². The summed E-state index contributed by atoms with van der Waals surface area (Å²) in [6.07, 6.45) is 9.03. The van der Waals surface area contributed by atoms with Gasteiger partial charge in [0.05, 0.1) is 11.8 Å². The molecule has 4 aliphatic rings. The van der Waals surface area contributed by atoms with Crippen LogP contribution in [-0.4, -0.2) is 16.2 Å². The Hall–Kier alpha value is -0.990. The number of hydrogen-bond donors (Lipinski definition) is 2. The van der Waals surface area contributed by atoms with E-state index in [0.717, 1.165) is 24.0 Å². The molecule has 4 saturated carbocycles. The van der Waals surface area contributed by atoms with Gasteiger partial charge in [-0.1, -0.05) is 0 Å². The zero-order valence-electron chi connectivity index (χ0n) is 10.1. The first-order valence-electron chi connectivity index (χ1n) is 6.67. The van der Waals surface area contributed by atoms with Crippen LogP contribution in [0.4, 0.5) is 0 Å². The second kappa shape index (κ2) is 3.76. The summed E-state index contributed by atoms with van der Waals surface area (Å²) < 4.78 is 0. The fourth-order valence-electron chi connectivity index (χ4n) is 5.09. The molecule has 0 atom stereocenters. The van der Waals surface area contributed by atoms with E-state index >= 15 is 0 Å². The van der Waals surface area contributed by atoms with Gasteiger partial charge in [-0.25, -0.2) is 4.79 Å². The normalized spacial score (nSPS) is 44.0. The van der Waals surface area contributed by atoms with E-state index in [1.807, 2.05) is 0 Å². The molecule has 0 amide bonds. The van der Waals surface area contributed by atoms with E-state index in [9.17, 15) is 4.79 Å². The summed E-state index contributed by atoms with van der Waals surface area (Å²) >= 11 is 0. The smallest absolute Gasteiger partial charge is 0.334 e. The minimum Gasteiger partial charge on any atom is -0.515 e. The summed E-state index contributed by atoms with van der Waals surface area (Å²) in [5.41, 5.74) is 0.397. The van der Waals surface area contributed by atoms with Crippen molar-refractivity contribution in [2.45, 2.75) is 44.9 Å². The zero-order valence-corrected chi connectivity index (χ0v) is 10.1. The topological polar surface area (TPSA) is 57.5 Å². The Kier molecular flexibility index (Phi) is 2.46.